The number of H-pyrrole nitrogens is 1. The normalized spacial score (nSPS) is 11.5. The predicted molar refractivity (Wildman–Crippen MR) is 67.5 cm³/mol. The summed E-state index contributed by atoms with van der Waals surface area (Å²) in [7, 11) is 0. The van der Waals surface area contributed by atoms with E-state index in [2.05, 4.69) is 36.2 Å². The van der Waals surface area contributed by atoms with Gasteiger partial charge in [0.1, 0.15) is 5.69 Å². The minimum atomic E-state index is -1.08. The summed E-state index contributed by atoms with van der Waals surface area (Å²) in [4.78, 5) is 11.0. The number of carbonyl (C=O) groups is 1. The molecular weight excluding hydrogens is 230 g/mol. The summed E-state index contributed by atoms with van der Waals surface area (Å²) < 4.78 is 0. The second-order valence-corrected chi connectivity index (χ2v) is 5.16. The molecule has 0 bridgehead atoms. The number of rotatable bonds is 2. The molecule has 5 nitrogen and oxygen atoms in total. The number of carboxylic acids is 1. The Morgan fingerprint density at radius 1 is 1.28 bits per heavy atom. The number of aromatic amines is 1. The SMILES string of the molecule is CC(C)(C)c1cccc(-c2n[nH]nc2C(=O)O)c1. The first-order chi connectivity index (χ1) is 8.39. The number of benzene rings is 1. The number of aromatic carboxylic acids is 1. The predicted octanol–water partition coefficient (Wildman–Crippen LogP) is 2.47. The highest BCUT2D eigenvalue weighted by atomic mass is 16.4. The third-order valence-corrected chi connectivity index (χ3v) is 2.75. The molecule has 2 N–H and O–H groups in total. The molecule has 0 radical (unpaired) electrons. The van der Waals surface area contributed by atoms with E-state index in [1.807, 2.05) is 24.3 Å². The van der Waals surface area contributed by atoms with Crippen molar-refractivity contribution in [1.82, 2.24) is 15.4 Å². The molecule has 0 aliphatic rings. The fraction of sp³-hybridized carbons (Fsp3) is 0.308. The minimum Gasteiger partial charge on any atom is -0.476 e. The zero-order chi connectivity index (χ0) is 13.3. The van der Waals surface area contributed by atoms with Gasteiger partial charge in [0.25, 0.3) is 0 Å². The number of hydrogen-bond acceptors (Lipinski definition) is 3. The van der Waals surface area contributed by atoms with Crippen molar-refractivity contribution >= 4 is 5.97 Å². The number of nitrogens with one attached hydrogen (secondary N) is 1. The van der Waals surface area contributed by atoms with Gasteiger partial charge in [0.05, 0.1) is 0 Å². The van der Waals surface area contributed by atoms with Crippen molar-refractivity contribution in [2.24, 2.45) is 0 Å². The molecule has 0 aliphatic carbocycles. The number of hydrogen-bond donors (Lipinski definition) is 2. The van der Waals surface area contributed by atoms with E-state index in [1.165, 1.54) is 0 Å². The maximum absolute atomic E-state index is 11.0. The fourth-order valence-electron chi connectivity index (χ4n) is 1.71. The summed E-state index contributed by atoms with van der Waals surface area (Å²) in [5.41, 5.74) is 2.20. The van der Waals surface area contributed by atoms with Gasteiger partial charge in [-0.15, -0.1) is 5.10 Å². The van der Waals surface area contributed by atoms with Gasteiger partial charge in [-0.2, -0.15) is 10.3 Å². The van der Waals surface area contributed by atoms with Crippen LogP contribution < -0.4 is 0 Å². The van der Waals surface area contributed by atoms with Crippen molar-refractivity contribution in [1.29, 1.82) is 0 Å². The highest BCUT2D eigenvalue weighted by Gasteiger charge is 2.19. The van der Waals surface area contributed by atoms with E-state index in [9.17, 15) is 4.79 Å². The molecule has 2 rings (SSSR count). The number of carboxylic acid groups (broad SMARTS) is 1. The van der Waals surface area contributed by atoms with Gasteiger partial charge in [-0.25, -0.2) is 4.79 Å². The van der Waals surface area contributed by atoms with E-state index >= 15 is 0 Å². The summed E-state index contributed by atoms with van der Waals surface area (Å²) in [5.74, 6) is -1.08. The maximum atomic E-state index is 11.0. The molecule has 2 aromatic rings. The van der Waals surface area contributed by atoms with E-state index in [4.69, 9.17) is 5.11 Å². The van der Waals surface area contributed by atoms with Crippen LogP contribution in [-0.4, -0.2) is 26.5 Å². The molecule has 94 valence electrons. The van der Waals surface area contributed by atoms with Crippen molar-refractivity contribution in [3.8, 4) is 11.3 Å². The Bertz CT molecular complexity index is 582. The first-order valence-corrected chi connectivity index (χ1v) is 5.64. The Morgan fingerprint density at radius 3 is 2.61 bits per heavy atom. The van der Waals surface area contributed by atoms with Gasteiger partial charge in [-0.1, -0.05) is 39.0 Å². The summed E-state index contributed by atoms with van der Waals surface area (Å²) in [6.07, 6.45) is 0. The van der Waals surface area contributed by atoms with Gasteiger partial charge in [-0.3, -0.25) is 0 Å². The Labute approximate surface area is 105 Å². The molecule has 0 aliphatic heterocycles. The summed E-state index contributed by atoms with van der Waals surface area (Å²) in [6, 6.07) is 7.70. The lowest BCUT2D eigenvalue weighted by Gasteiger charge is -2.19. The van der Waals surface area contributed by atoms with Gasteiger partial charge in [-0.05, 0) is 17.0 Å². The van der Waals surface area contributed by atoms with Gasteiger partial charge >= 0.3 is 5.97 Å². The van der Waals surface area contributed by atoms with Gasteiger partial charge < -0.3 is 5.11 Å². The fourth-order valence-corrected chi connectivity index (χ4v) is 1.71. The van der Waals surface area contributed by atoms with Gasteiger partial charge in [0, 0.05) is 5.56 Å². The molecule has 1 heterocycles. The van der Waals surface area contributed by atoms with Crippen molar-refractivity contribution in [2.45, 2.75) is 26.2 Å². The smallest absolute Gasteiger partial charge is 0.358 e. The summed E-state index contributed by atoms with van der Waals surface area (Å²) >= 11 is 0. The summed E-state index contributed by atoms with van der Waals surface area (Å²) in [6.45, 7) is 6.31. The second-order valence-electron chi connectivity index (χ2n) is 5.16. The van der Waals surface area contributed by atoms with Crippen LogP contribution in [-0.2, 0) is 5.41 Å². The first-order valence-electron chi connectivity index (χ1n) is 5.64. The van der Waals surface area contributed by atoms with Crippen LogP contribution >= 0.6 is 0 Å². The Hall–Kier alpha value is -2.17. The molecule has 5 heteroatoms. The Balaban J connectivity index is 2.52. The molecule has 0 fully saturated rings. The standard InChI is InChI=1S/C13H15N3O2/c1-13(2,3)9-6-4-5-8(7-9)10-11(12(17)18)15-16-14-10/h4-7H,1-3H3,(H,17,18)(H,14,15,16). The van der Waals surface area contributed by atoms with Crippen molar-refractivity contribution in [3.05, 3.63) is 35.5 Å². The van der Waals surface area contributed by atoms with E-state index in [0.717, 1.165) is 11.1 Å². The Morgan fingerprint density at radius 2 is 2.00 bits per heavy atom. The third kappa shape index (κ3) is 2.25. The quantitative estimate of drug-likeness (QED) is 0.851. The van der Waals surface area contributed by atoms with E-state index in [-0.39, 0.29) is 11.1 Å². The lowest BCUT2D eigenvalue weighted by molar-refractivity contribution is 0.0691. The largest absolute Gasteiger partial charge is 0.476 e. The van der Waals surface area contributed by atoms with Crippen LogP contribution in [0.25, 0.3) is 11.3 Å². The molecule has 0 saturated carbocycles. The van der Waals surface area contributed by atoms with E-state index in [1.54, 1.807) is 0 Å². The average molecular weight is 245 g/mol. The molecule has 0 amide bonds. The number of nitrogens with zero attached hydrogens (tertiary/aromatic N) is 2. The van der Waals surface area contributed by atoms with Crippen LogP contribution in [0.1, 0.15) is 36.8 Å². The molecular formula is C13H15N3O2. The van der Waals surface area contributed by atoms with Crippen LogP contribution in [0, 0.1) is 0 Å². The molecule has 18 heavy (non-hydrogen) atoms. The second kappa shape index (κ2) is 4.25. The lowest BCUT2D eigenvalue weighted by Crippen LogP contribution is -2.11. The lowest BCUT2D eigenvalue weighted by atomic mass is 9.86. The van der Waals surface area contributed by atoms with E-state index < -0.39 is 5.97 Å². The molecule has 1 aromatic carbocycles. The Kier molecular flexibility index (Phi) is 2.90. The van der Waals surface area contributed by atoms with Gasteiger partial charge in [0.2, 0.25) is 0 Å². The van der Waals surface area contributed by atoms with Crippen molar-refractivity contribution in [3.63, 3.8) is 0 Å². The van der Waals surface area contributed by atoms with Crippen LogP contribution in [0.5, 0.6) is 0 Å². The monoisotopic (exact) mass is 245 g/mol. The van der Waals surface area contributed by atoms with Crippen LogP contribution in [0.4, 0.5) is 0 Å². The maximum Gasteiger partial charge on any atom is 0.358 e. The zero-order valence-corrected chi connectivity index (χ0v) is 10.6. The third-order valence-electron chi connectivity index (χ3n) is 2.75. The van der Waals surface area contributed by atoms with Crippen molar-refractivity contribution in [2.75, 3.05) is 0 Å². The van der Waals surface area contributed by atoms with Gasteiger partial charge in [0.15, 0.2) is 5.69 Å². The summed E-state index contributed by atoms with van der Waals surface area (Å²) in [5, 5.41) is 18.9. The zero-order valence-electron chi connectivity index (χ0n) is 10.6. The molecule has 0 saturated heterocycles. The van der Waals surface area contributed by atoms with Crippen LogP contribution in [0.3, 0.4) is 0 Å². The highest BCUT2D eigenvalue weighted by molar-refractivity contribution is 5.92. The van der Waals surface area contributed by atoms with Crippen LogP contribution in [0.15, 0.2) is 24.3 Å². The molecule has 0 atom stereocenters. The number of aromatic nitrogens is 3. The highest BCUT2D eigenvalue weighted by Crippen LogP contribution is 2.27. The topological polar surface area (TPSA) is 78.9 Å². The first kappa shape index (κ1) is 12.3. The molecule has 1 aromatic heterocycles. The van der Waals surface area contributed by atoms with E-state index in [0.29, 0.717) is 5.69 Å². The minimum absolute atomic E-state index is 0.00311. The molecule has 0 spiro atoms. The molecule has 0 unspecified atom stereocenters. The van der Waals surface area contributed by atoms with Crippen molar-refractivity contribution < 1.29 is 9.90 Å². The van der Waals surface area contributed by atoms with Crippen LogP contribution in [0.2, 0.25) is 0 Å². The average Bonchev–Trinajstić information content (AvgIpc) is 2.77.